The van der Waals surface area contributed by atoms with Crippen molar-refractivity contribution in [3.63, 3.8) is 0 Å². The normalized spacial score (nSPS) is 13.3. The van der Waals surface area contributed by atoms with Gasteiger partial charge in [-0.2, -0.15) is 0 Å². The van der Waals surface area contributed by atoms with Gasteiger partial charge in [-0.3, -0.25) is 0 Å². The summed E-state index contributed by atoms with van der Waals surface area (Å²) in [5, 5.41) is 24.0. The highest BCUT2D eigenvalue weighted by Gasteiger charge is 2.43. The summed E-state index contributed by atoms with van der Waals surface area (Å²) in [6.07, 6.45) is 0. The summed E-state index contributed by atoms with van der Waals surface area (Å²) in [5.74, 6) is 0. The number of anilines is 6. The number of nitrogens with zero attached hydrogens (tertiary/aromatic N) is 2. The SMILES string of the molecule is CC1(C)c2cccc3c2-c2c1ccc1c(-c4cccc(-c5cccc(-c6ccccc6)c5)c4)cc4sc5cccc-3c5c4c21.CC1(C)c2cccc3c2-c2c1ccc1c(-c4cccc(N(c5ccc6c(c5)oc5ccccc56)c5ccc6oc7ccccc7c6c5)c4)cc4sc5cccc-3c5c4c21.c1ccc(N(c2ccccc2)c2ccc(-c3cc4sc5cccc6c5c4c4c3ccc3sc5cccc-6c5c34)cc2)cc1. The van der Waals surface area contributed by atoms with E-state index in [0.717, 1.165) is 78.0 Å². The second-order valence-corrected chi connectivity index (χ2v) is 45.3. The largest absolute Gasteiger partial charge is 0.456 e. The van der Waals surface area contributed by atoms with Gasteiger partial charge in [0.2, 0.25) is 0 Å². The number of para-hydroxylation sites is 4. The lowest BCUT2D eigenvalue weighted by molar-refractivity contribution is 0.661. The van der Waals surface area contributed by atoms with Crippen molar-refractivity contribution in [2.24, 2.45) is 0 Å². The van der Waals surface area contributed by atoms with Crippen molar-refractivity contribution in [3.8, 4) is 111 Å². The van der Waals surface area contributed by atoms with Crippen LogP contribution in [0.5, 0.6) is 0 Å². The Kier molecular flexibility index (Phi) is 17.4. The third-order valence-electron chi connectivity index (χ3n) is 32.5. The summed E-state index contributed by atoms with van der Waals surface area (Å²) in [4.78, 5) is 4.68. The molecule has 0 unspecified atom stereocenters. The van der Waals surface area contributed by atoms with Gasteiger partial charge in [0, 0.05) is 159 Å². The molecule has 146 heavy (non-hydrogen) atoms. The highest BCUT2D eigenvalue weighted by molar-refractivity contribution is 7.28. The third-order valence-corrected chi connectivity index (χ3v) is 37.0. The van der Waals surface area contributed by atoms with Gasteiger partial charge in [0.1, 0.15) is 22.3 Å². The molecule has 4 nitrogen and oxygen atoms in total. The van der Waals surface area contributed by atoms with Gasteiger partial charge in [-0.25, -0.2) is 0 Å². The molecule has 6 aromatic heterocycles. The quantitative estimate of drug-likeness (QED) is 0.129. The minimum Gasteiger partial charge on any atom is -0.456 e. The van der Waals surface area contributed by atoms with E-state index < -0.39 is 0 Å². The van der Waals surface area contributed by atoms with E-state index >= 15 is 0 Å². The Morgan fingerprint density at radius 1 is 0.164 bits per heavy atom. The van der Waals surface area contributed by atoms with Crippen molar-refractivity contribution in [2.45, 2.75) is 38.5 Å². The molecule has 0 saturated heterocycles. The average molecular weight is 1930 g/mol. The lowest BCUT2D eigenvalue weighted by Gasteiger charge is -2.26. The van der Waals surface area contributed by atoms with Crippen LogP contribution in [0, 0.1) is 0 Å². The first-order valence-corrected chi connectivity index (χ1v) is 53.6. The number of thiophene rings is 4. The van der Waals surface area contributed by atoms with E-state index in [1.54, 1.807) is 0 Å². The third kappa shape index (κ3) is 11.7. The minimum absolute atomic E-state index is 0.0394. The second kappa shape index (κ2) is 30.7. The zero-order valence-corrected chi connectivity index (χ0v) is 83.2. The zero-order chi connectivity index (χ0) is 96.0. The zero-order valence-electron chi connectivity index (χ0n) is 79.9. The lowest BCUT2D eigenvalue weighted by atomic mass is 9.80. The first-order valence-electron chi connectivity index (χ1n) is 50.4. The Hall–Kier alpha value is -17.1. The van der Waals surface area contributed by atoms with Gasteiger partial charge in [-0.1, -0.05) is 307 Å². The van der Waals surface area contributed by atoms with Crippen LogP contribution in [-0.4, -0.2) is 0 Å². The van der Waals surface area contributed by atoms with Gasteiger partial charge in [0.05, 0.1) is 0 Å². The summed E-state index contributed by atoms with van der Waals surface area (Å²) in [7, 11) is 0. The summed E-state index contributed by atoms with van der Waals surface area (Å²) in [6, 6.07) is 161. The van der Waals surface area contributed by atoms with Crippen molar-refractivity contribution in [1.29, 1.82) is 0 Å². The predicted molar refractivity (Wildman–Crippen MR) is 627 cm³/mol. The molecule has 0 spiro atoms. The lowest BCUT2D eigenvalue weighted by Crippen LogP contribution is -2.15. The van der Waals surface area contributed by atoms with Gasteiger partial charge < -0.3 is 18.6 Å². The minimum atomic E-state index is -0.0958. The molecule has 29 aromatic rings. The highest BCUT2D eigenvalue weighted by Crippen LogP contribution is 2.65. The summed E-state index contributed by atoms with van der Waals surface area (Å²) < 4.78 is 23.7. The van der Waals surface area contributed by atoms with Crippen LogP contribution in [0.15, 0.2) is 446 Å². The van der Waals surface area contributed by atoms with E-state index in [0.29, 0.717) is 0 Å². The molecule has 0 radical (unpaired) electrons. The molecule has 0 bridgehead atoms. The maximum atomic E-state index is 6.48. The van der Waals surface area contributed by atoms with Crippen LogP contribution in [0.4, 0.5) is 34.1 Å². The molecule has 0 atom stereocenters. The van der Waals surface area contributed by atoms with Crippen LogP contribution in [-0.2, 0) is 10.8 Å². The Balaban J connectivity index is 0.0000000993. The van der Waals surface area contributed by atoms with Crippen molar-refractivity contribution in [3.05, 3.63) is 459 Å². The molecule has 0 N–H and O–H groups in total. The maximum Gasteiger partial charge on any atom is 0.137 e. The predicted octanol–water partition coefficient (Wildman–Crippen LogP) is 41.6. The molecule has 6 heterocycles. The molecule has 0 aliphatic heterocycles. The van der Waals surface area contributed by atoms with Crippen molar-refractivity contribution >= 4 is 236 Å². The Morgan fingerprint density at radius 3 is 1.05 bits per heavy atom. The van der Waals surface area contributed by atoms with Crippen LogP contribution in [0.25, 0.3) is 268 Å². The molecule has 8 heteroatoms. The summed E-state index contributed by atoms with van der Waals surface area (Å²) >= 11 is 7.71. The number of hydrogen-bond acceptors (Lipinski definition) is 8. The Bertz CT molecular complexity index is 10700. The molecule has 34 rings (SSSR count). The summed E-state index contributed by atoms with van der Waals surface area (Å²) in [6.45, 7) is 9.60. The van der Waals surface area contributed by atoms with Gasteiger partial charge >= 0.3 is 0 Å². The molecule has 5 aliphatic rings. The van der Waals surface area contributed by atoms with Crippen LogP contribution in [0.3, 0.4) is 0 Å². The van der Waals surface area contributed by atoms with E-state index in [-0.39, 0.29) is 10.8 Å². The molecule has 23 aromatic carbocycles. The monoisotopic (exact) mass is 1930 g/mol. The molecule has 0 amide bonds. The first kappa shape index (κ1) is 82.5. The number of rotatable bonds is 11. The van der Waals surface area contributed by atoms with Crippen LogP contribution < -0.4 is 9.80 Å². The van der Waals surface area contributed by atoms with E-state index in [2.05, 4.69) is 450 Å². The van der Waals surface area contributed by atoms with Crippen molar-refractivity contribution < 1.29 is 8.83 Å². The number of hydrogen-bond donors (Lipinski definition) is 0. The summed E-state index contributed by atoms with van der Waals surface area (Å²) in [5.41, 5.74) is 42.1. The molecule has 0 saturated carbocycles. The highest BCUT2D eigenvalue weighted by atomic mass is 32.1. The maximum absolute atomic E-state index is 6.48. The fourth-order valence-electron chi connectivity index (χ4n) is 26.1. The smallest absolute Gasteiger partial charge is 0.137 e. The molecule has 5 aliphatic carbocycles. The van der Waals surface area contributed by atoms with Crippen molar-refractivity contribution in [1.82, 2.24) is 0 Å². The van der Waals surface area contributed by atoms with Crippen LogP contribution >= 0.6 is 45.3 Å². The van der Waals surface area contributed by atoms with Gasteiger partial charge in [-0.15, -0.1) is 45.3 Å². The van der Waals surface area contributed by atoms with Crippen molar-refractivity contribution in [2.75, 3.05) is 9.80 Å². The fourth-order valence-corrected chi connectivity index (χ4v) is 30.8. The Labute approximate surface area is 856 Å². The number of furan rings is 2. The van der Waals surface area contributed by atoms with Crippen LogP contribution in [0.2, 0.25) is 0 Å². The van der Waals surface area contributed by atoms with E-state index in [1.165, 1.54) is 247 Å². The Morgan fingerprint density at radius 2 is 0.493 bits per heavy atom. The number of benzene rings is 23. The second-order valence-electron chi connectivity index (χ2n) is 40.9. The van der Waals surface area contributed by atoms with Crippen LogP contribution in [0.1, 0.15) is 49.9 Å². The fraction of sp³-hybridized carbons (Fsp3) is 0.0435. The standard InChI is InChI=1S/C55H33NO2S.C43H28S.C40H23NS2/c1-55(2)42-16-8-14-37-38-15-9-19-48-51(38)54-49(59-48)29-40(39-23-24-43(55)53(50(37)42)52(39)54)30-10-7-11-31(26-30)56(32-21-25-46-41(27-32)35-13-4-6-18-45(35)57-46)33-20-22-36-34-12-3-5-17-44(34)58-47(36)28-33;1-43(2)34-18-8-16-30-31-17-9-19-36-39(31)42-37(44-36)24-33(32-20-21-35(43)41(38(30)34)40(32)42)29-15-7-14-28(23-29)27-13-6-12-26(22-27)25-10-4-3-5-11-25;1-3-9-25(10-4-1)41(26-11-5-2-6-12-26)27-19-17-24(18-20-27)31-23-35-40-37-29(14-8-16-33(37)43-35)28-13-7-15-32-36(28)39-34(42-32)22-21-30(31)38(39)40/h3-29H,1-2H3;3-24H,1-2H3;1-23H. The van der Waals surface area contributed by atoms with E-state index in [9.17, 15) is 0 Å². The van der Waals surface area contributed by atoms with Gasteiger partial charge in [0.15, 0.2) is 0 Å². The van der Waals surface area contributed by atoms with E-state index in [1.807, 2.05) is 69.6 Å². The number of fused-ring (bicyclic) bond motifs is 9. The topological polar surface area (TPSA) is 32.8 Å². The molecule has 0 fully saturated rings. The van der Waals surface area contributed by atoms with Gasteiger partial charge in [-0.05, 0) is 312 Å². The molecular weight excluding hydrogens is 1850 g/mol. The molecular formula is C138H84N2O2S4. The first-order chi connectivity index (χ1) is 71.9. The molecule has 682 valence electrons. The average Bonchev–Trinajstić information content (AvgIpc) is 1.51. The van der Waals surface area contributed by atoms with E-state index in [4.69, 9.17) is 8.83 Å². The van der Waals surface area contributed by atoms with Gasteiger partial charge in [0.25, 0.3) is 0 Å².